The number of nitrogens with zero attached hydrogens (tertiary/aromatic N) is 2. The van der Waals surface area contributed by atoms with Gasteiger partial charge in [-0.25, -0.2) is 0 Å². The zero-order valence-corrected chi connectivity index (χ0v) is 19.0. The Morgan fingerprint density at radius 3 is 2.63 bits per heavy atom. The SMILES string of the molecule is CCOc1cc(/C=C2\SC(=S)N(C(C)C)C2=O)ccc1OCC(=O)N1CCOCC1. The van der Waals surface area contributed by atoms with E-state index in [1.165, 1.54) is 11.8 Å². The van der Waals surface area contributed by atoms with E-state index in [0.29, 0.717) is 53.6 Å². The predicted molar refractivity (Wildman–Crippen MR) is 121 cm³/mol. The molecule has 2 saturated heterocycles. The Kier molecular flexibility index (Phi) is 7.74. The molecule has 0 aliphatic carbocycles. The number of thiocarbonyl (C=S) groups is 1. The van der Waals surface area contributed by atoms with Gasteiger partial charge in [0.1, 0.15) is 4.32 Å². The molecule has 2 fully saturated rings. The van der Waals surface area contributed by atoms with Crippen molar-refractivity contribution in [1.29, 1.82) is 0 Å². The standard InChI is InChI=1S/C21H26N2O5S2/c1-4-27-17-11-15(12-18-20(25)23(14(2)3)21(29)30-18)5-6-16(17)28-13-19(24)22-7-9-26-10-8-22/h5-6,11-12,14H,4,7-10,13H2,1-3H3/b18-12-. The number of ether oxygens (including phenoxy) is 3. The lowest BCUT2D eigenvalue weighted by Crippen LogP contribution is -2.43. The van der Waals surface area contributed by atoms with Crippen molar-refractivity contribution in [3.8, 4) is 11.5 Å². The summed E-state index contributed by atoms with van der Waals surface area (Å²) in [6.07, 6.45) is 1.80. The van der Waals surface area contributed by atoms with Crippen molar-refractivity contribution in [2.75, 3.05) is 39.5 Å². The third kappa shape index (κ3) is 5.33. The van der Waals surface area contributed by atoms with Gasteiger partial charge in [-0.3, -0.25) is 14.5 Å². The maximum absolute atomic E-state index is 12.6. The number of morpholine rings is 1. The van der Waals surface area contributed by atoms with Gasteiger partial charge in [0.15, 0.2) is 18.1 Å². The highest BCUT2D eigenvalue weighted by Crippen LogP contribution is 2.35. The summed E-state index contributed by atoms with van der Waals surface area (Å²) in [6, 6.07) is 5.41. The van der Waals surface area contributed by atoms with Crippen molar-refractivity contribution in [3.05, 3.63) is 28.7 Å². The molecule has 2 aliphatic heterocycles. The minimum absolute atomic E-state index is 0.0159. The molecule has 2 amide bonds. The lowest BCUT2D eigenvalue weighted by atomic mass is 10.1. The Morgan fingerprint density at radius 2 is 2.00 bits per heavy atom. The summed E-state index contributed by atoms with van der Waals surface area (Å²) in [7, 11) is 0. The first kappa shape index (κ1) is 22.6. The van der Waals surface area contributed by atoms with E-state index in [-0.39, 0.29) is 24.5 Å². The van der Waals surface area contributed by atoms with Crippen LogP contribution < -0.4 is 9.47 Å². The maximum atomic E-state index is 12.6. The molecule has 0 radical (unpaired) electrons. The number of hydrogen-bond acceptors (Lipinski definition) is 7. The monoisotopic (exact) mass is 450 g/mol. The summed E-state index contributed by atoms with van der Waals surface area (Å²) >= 11 is 6.62. The van der Waals surface area contributed by atoms with Crippen molar-refractivity contribution in [2.45, 2.75) is 26.8 Å². The highest BCUT2D eigenvalue weighted by atomic mass is 32.2. The molecule has 0 unspecified atom stereocenters. The number of carbonyl (C=O) groups is 2. The molecule has 2 aliphatic rings. The van der Waals surface area contributed by atoms with E-state index in [1.807, 2.05) is 26.8 Å². The van der Waals surface area contributed by atoms with Crippen LogP contribution in [-0.4, -0.2) is 71.5 Å². The van der Waals surface area contributed by atoms with Crippen molar-refractivity contribution in [1.82, 2.24) is 9.80 Å². The largest absolute Gasteiger partial charge is 0.490 e. The van der Waals surface area contributed by atoms with E-state index < -0.39 is 0 Å². The van der Waals surface area contributed by atoms with Gasteiger partial charge in [0, 0.05) is 19.1 Å². The molecule has 162 valence electrons. The minimum atomic E-state index is -0.0885. The molecule has 9 heteroatoms. The van der Waals surface area contributed by atoms with E-state index >= 15 is 0 Å². The molecule has 30 heavy (non-hydrogen) atoms. The van der Waals surface area contributed by atoms with E-state index in [9.17, 15) is 9.59 Å². The zero-order valence-electron chi connectivity index (χ0n) is 17.4. The summed E-state index contributed by atoms with van der Waals surface area (Å²) in [5, 5.41) is 0. The van der Waals surface area contributed by atoms with Gasteiger partial charge in [0.2, 0.25) is 0 Å². The van der Waals surface area contributed by atoms with Crippen LogP contribution in [-0.2, 0) is 14.3 Å². The van der Waals surface area contributed by atoms with Crippen LogP contribution >= 0.6 is 24.0 Å². The van der Waals surface area contributed by atoms with Gasteiger partial charge in [-0.15, -0.1) is 0 Å². The number of amides is 2. The molecule has 1 aromatic carbocycles. The van der Waals surface area contributed by atoms with E-state index in [4.69, 9.17) is 26.4 Å². The molecular weight excluding hydrogens is 424 g/mol. The Bertz CT molecular complexity index is 850. The summed E-state index contributed by atoms with van der Waals surface area (Å²) in [6.45, 7) is 8.39. The second kappa shape index (κ2) is 10.3. The van der Waals surface area contributed by atoms with Gasteiger partial charge < -0.3 is 19.1 Å². The summed E-state index contributed by atoms with van der Waals surface area (Å²) in [5.41, 5.74) is 0.801. The molecule has 1 aromatic rings. The second-order valence-electron chi connectivity index (χ2n) is 7.07. The van der Waals surface area contributed by atoms with Crippen molar-refractivity contribution in [3.63, 3.8) is 0 Å². The summed E-state index contributed by atoms with van der Waals surface area (Å²) in [5.74, 6) is 0.849. The average Bonchev–Trinajstić information content (AvgIpc) is 3.01. The minimum Gasteiger partial charge on any atom is -0.490 e. The molecular formula is C21H26N2O5S2. The van der Waals surface area contributed by atoms with E-state index in [1.54, 1.807) is 28.0 Å². The van der Waals surface area contributed by atoms with E-state index in [2.05, 4.69) is 0 Å². The van der Waals surface area contributed by atoms with Crippen LogP contribution in [0.3, 0.4) is 0 Å². The van der Waals surface area contributed by atoms with Crippen LogP contribution in [0.25, 0.3) is 6.08 Å². The molecule has 0 bridgehead atoms. The third-order valence-electron chi connectivity index (χ3n) is 4.62. The fraction of sp³-hybridized carbons (Fsp3) is 0.476. The lowest BCUT2D eigenvalue weighted by molar-refractivity contribution is -0.137. The molecule has 0 N–H and O–H groups in total. The van der Waals surface area contributed by atoms with Crippen LogP contribution in [0.5, 0.6) is 11.5 Å². The highest BCUT2D eigenvalue weighted by Gasteiger charge is 2.33. The second-order valence-corrected chi connectivity index (χ2v) is 8.74. The van der Waals surface area contributed by atoms with Gasteiger partial charge in [0.25, 0.3) is 11.8 Å². The first-order valence-corrected chi connectivity index (χ1v) is 11.2. The number of hydrogen-bond donors (Lipinski definition) is 0. The van der Waals surface area contributed by atoms with Crippen LogP contribution in [0.4, 0.5) is 0 Å². The lowest BCUT2D eigenvalue weighted by Gasteiger charge is -2.26. The number of rotatable bonds is 7. The van der Waals surface area contributed by atoms with Gasteiger partial charge in [-0.1, -0.05) is 30.0 Å². The van der Waals surface area contributed by atoms with Gasteiger partial charge in [-0.05, 0) is 44.5 Å². The normalized spacial score (nSPS) is 18.5. The van der Waals surface area contributed by atoms with Crippen LogP contribution in [0.1, 0.15) is 26.3 Å². The summed E-state index contributed by atoms with van der Waals surface area (Å²) in [4.78, 5) is 28.9. The number of carbonyl (C=O) groups excluding carboxylic acids is 2. The number of benzene rings is 1. The topological polar surface area (TPSA) is 68.3 Å². The first-order valence-electron chi connectivity index (χ1n) is 9.93. The van der Waals surface area contributed by atoms with Gasteiger partial charge in [-0.2, -0.15) is 0 Å². The van der Waals surface area contributed by atoms with Crippen molar-refractivity contribution >= 4 is 46.2 Å². The Morgan fingerprint density at radius 1 is 1.27 bits per heavy atom. The van der Waals surface area contributed by atoms with E-state index in [0.717, 1.165) is 5.56 Å². The third-order valence-corrected chi connectivity index (χ3v) is 5.95. The van der Waals surface area contributed by atoms with Crippen molar-refractivity contribution in [2.24, 2.45) is 0 Å². The Hall–Kier alpha value is -2.10. The smallest absolute Gasteiger partial charge is 0.266 e. The summed E-state index contributed by atoms with van der Waals surface area (Å²) < 4.78 is 17.3. The maximum Gasteiger partial charge on any atom is 0.266 e. The Labute approximate surface area is 186 Å². The molecule has 7 nitrogen and oxygen atoms in total. The molecule has 0 saturated carbocycles. The molecule has 2 heterocycles. The molecule has 0 aromatic heterocycles. The fourth-order valence-corrected chi connectivity index (χ4v) is 4.65. The predicted octanol–water partition coefficient (Wildman–Crippen LogP) is 2.93. The van der Waals surface area contributed by atoms with Crippen molar-refractivity contribution < 1.29 is 23.8 Å². The molecule has 0 atom stereocenters. The fourth-order valence-electron chi connectivity index (χ4n) is 3.12. The van der Waals surface area contributed by atoms with Gasteiger partial charge in [0.05, 0.1) is 24.7 Å². The molecule has 3 rings (SSSR count). The molecule has 0 spiro atoms. The average molecular weight is 451 g/mol. The number of thioether (sulfide) groups is 1. The quantitative estimate of drug-likeness (QED) is 0.467. The van der Waals surface area contributed by atoms with Crippen LogP contribution in [0.2, 0.25) is 0 Å². The zero-order chi connectivity index (χ0) is 21.7. The Balaban J connectivity index is 1.72. The van der Waals surface area contributed by atoms with Gasteiger partial charge >= 0.3 is 0 Å². The van der Waals surface area contributed by atoms with Crippen LogP contribution in [0, 0.1) is 0 Å². The highest BCUT2D eigenvalue weighted by molar-refractivity contribution is 8.26. The first-order chi connectivity index (χ1) is 14.4. The van der Waals surface area contributed by atoms with Crippen LogP contribution in [0.15, 0.2) is 23.1 Å².